The molecule has 0 saturated heterocycles. The van der Waals surface area contributed by atoms with Crippen LogP contribution in [0.25, 0.3) is 10.2 Å². The fourth-order valence-electron chi connectivity index (χ4n) is 3.27. The van der Waals surface area contributed by atoms with Gasteiger partial charge in [0.2, 0.25) is 5.75 Å². The molecule has 0 radical (unpaired) electrons. The van der Waals surface area contributed by atoms with Crippen LogP contribution in [-0.4, -0.2) is 79.0 Å². The number of ether oxygens (including phenoxy) is 3. The molecule has 1 aromatic heterocycles. The molecule has 0 bridgehead atoms. The number of sulfone groups is 1. The molecule has 1 heterocycles. The minimum absolute atomic E-state index is 0.135. The van der Waals surface area contributed by atoms with E-state index in [1.165, 1.54) is 43.6 Å². The van der Waals surface area contributed by atoms with Crippen molar-refractivity contribution >= 4 is 42.4 Å². The number of carbonyl (C=O) groups is 1. The van der Waals surface area contributed by atoms with E-state index in [0.717, 1.165) is 6.26 Å². The molecular weight excluding hydrogens is 466 g/mol. The molecule has 9 nitrogen and oxygen atoms in total. The normalized spacial score (nSPS) is 11.6. The molecule has 33 heavy (non-hydrogen) atoms. The number of fused-ring (bicyclic) bond motifs is 1. The van der Waals surface area contributed by atoms with Gasteiger partial charge in [-0.2, -0.15) is 0 Å². The fraction of sp³-hybridized carbons (Fsp3) is 0.364. The molecule has 0 unspecified atom stereocenters. The van der Waals surface area contributed by atoms with E-state index in [9.17, 15) is 13.2 Å². The highest BCUT2D eigenvalue weighted by atomic mass is 32.2. The lowest BCUT2D eigenvalue weighted by Crippen LogP contribution is -2.36. The summed E-state index contributed by atoms with van der Waals surface area (Å²) in [6, 6.07) is 8.15. The Morgan fingerprint density at radius 2 is 1.67 bits per heavy atom. The first-order chi connectivity index (χ1) is 15.6. The Kier molecular flexibility index (Phi) is 7.45. The van der Waals surface area contributed by atoms with Gasteiger partial charge >= 0.3 is 0 Å². The largest absolute Gasteiger partial charge is 0.493 e. The van der Waals surface area contributed by atoms with Crippen LogP contribution in [0.5, 0.6) is 17.2 Å². The van der Waals surface area contributed by atoms with E-state index in [-0.39, 0.29) is 10.8 Å². The molecule has 1 amide bonds. The van der Waals surface area contributed by atoms with Crippen molar-refractivity contribution in [1.82, 2.24) is 9.88 Å². The predicted molar refractivity (Wildman–Crippen MR) is 129 cm³/mol. The minimum Gasteiger partial charge on any atom is -0.493 e. The molecule has 3 rings (SSSR count). The summed E-state index contributed by atoms with van der Waals surface area (Å²) >= 11 is 1.26. The lowest BCUT2D eigenvalue weighted by Gasteiger charge is -2.23. The molecule has 0 spiro atoms. The molecule has 0 atom stereocenters. The third-order valence-corrected chi connectivity index (χ3v) is 7.10. The molecule has 2 aromatic carbocycles. The van der Waals surface area contributed by atoms with Crippen molar-refractivity contribution in [2.24, 2.45) is 0 Å². The van der Waals surface area contributed by atoms with Gasteiger partial charge in [-0.1, -0.05) is 17.4 Å². The van der Waals surface area contributed by atoms with E-state index < -0.39 is 9.84 Å². The van der Waals surface area contributed by atoms with Crippen LogP contribution in [0.3, 0.4) is 0 Å². The highest BCUT2D eigenvalue weighted by Gasteiger charge is 2.26. The molecule has 0 aliphatic carbocycles. The van der Waals surface area contributed by atoms with E-state index >= 15 is 0 Å². The third kappa shape index (κ3) is 5.21. The molecule has 178 valence electrons. The maximum atomic E-state index is 13.7. The van der Waals surface area contributed by atoms with Crippen LogP contribution in [0.1, 0.15) is 10.4 Å². The molecule has 0 N–H and O–H groups in total. The summed E-state index contributed by atoms with van der Waals surface area (Å²) in [4.78, 5) is 21.8. The Balaban J connectivity index is 2.14. The second-order valence-corrected chi connectivity index (χ2v) is 10.5. The number of hydrogen-bond acceptors (Lipinski definition) is 9. The van der Waals surface area contributed by atoms with Crippen LogP contribution in [0.2, 0.25) is 0 Å². The lowest BCUT2D eigenvalue weighted by atomic mass is 10.1. The SMILES string of the molecule is COc1cc(C(=O)N(CCN(C)C)c2nc3c(S(C)(=O)=O)cccc3s2)cc(OC)c1OC. The van der Waals surface area contributed by atoms with Gasteiger partial charge in [0.15, 0.2) is 26.5 Å². The summed E-state index contributed by atoms with van der Waals surface area (Å²) < 4.78 is 41.3. The first kappa shape index (κ1) is 24.7. The maximum Gasteiger partial charge on any atom is 0.260 e. The number of anilines is 1. The van der Waals surface area contributed by atoms with Gasteiger partial charge in [-0.05, 0) is 38.4 Å². The van der Waals surface area contributed by atoms with Crippen molar-refractivity contribution in [3.8, 4) is 17.2 Å². The molecular formula is C22H27N3O6S2. The fourth-order valence-corrected chi connectivity index (χ4v) is 5.18. The standard InChI is InChI=1S/C22H27N3O6S2/c1-24(2)10-11-25(21(26)14-12-15(29-3)20(31-5)16(13-14)30-4)22-23-19-17(32-22)8-7-9-18(19)33(6,27)28/h7-9,12-13H,10-11H2,1-6H3. The highest BCUT2D eigenvalue weighted by Crippen LogP contribution is 2.39. The van der Waals surface area contributed by atoms with E-state index in [2.05, 4.69) is 4.98 Å². The second kappa shape index (κ2) is 9.94. The molecule has 0 fully saturated rings. The summed E-state index contributed by atoms with van der Waals surface area (Å²) in [6.07, 6.45) is 1.14. The van der Waals surface area contributed by atoms with E-state index in [1.807, 2.05) is 19.0 Å². The van der Waals surface area contributed by atoms with Gasteiger partial charge in [0.05, 0.1) is 30.9 Å². The van der Waals surface area contributed by atoms with Gasteiger partial charge in [0.1, 0.15) is 5.52 Å². The molecule has 3 aromatic rings. The van der Waals surface area contributed by atoms with Crippen molar-refractivity contribution in [1.29, 1.82) is 0 Å². The topological polar surface area (TPSA) is 98.3 Å². The Morgan fingerprint density at radius 3 is 2.18 bits per heavy atom. The van der Waals surface area contributed by atoms with Crippen molar-refractivity contribution in [3.05, 3.63) is 35.9 Å². The Hall–Kier alpha value is -2.89. The Morgan fingerprint density at radius 1 is 1.03 bits per heavy atom. The molecule has 11 heteroatoms. The van der Waals surface area contributed by atoms with Crippen LogP contribution in [0.15, 0.2) is 35.2 Å². The third-order valence-electron chi connectivity index (χ3n) is 4.93. The monoisotopic (exact) mass is 493 g/mol. The summed E-state index contributed by atoms with van der Waals surface area (Å²) in [7, 11) is 4.79. The number of hydrogen-bond donors (Lipinski definition) is 0. The number of para-hydroxylation sites is 1. The zero-order valence-corrected chi connectivity index (χ0v) is 21.0. The quantitative estimate of drug-likeness (QED) is 0.449. The average molecular weight is 494 g/mol. The number of amides is 1. The predicted octanol–water partition coefficient (Wildman–Crippen LogP) is 2.93. The minimum atomic E-state index is -3.48. The van der Waals surface area contributed by atoms with Crippen LogP contribution in [-0.2, 0) is 9.84 Å². The molecule has 0 saturated carbocycles. The zero-order chi connectivity index (χ0) is 24.3. The van der Waals surface area contributed by atoms with Gasteiger partial charge in [0, 0.05) is 24.9 Å². The van der Waals surface area contributed by atoms with Crippen LogP contribution in [0, 0.1) is 0 Å². The number of methoxy groups -OCH3 is 3. The summed E-state index contributed by atoms with van der Waals surface area (Å²) in [5, 5.41) is 0.404. The van der Waals surface area contributed by atoms with Crippen LogP contribution < -0.4 is 19.1 Å². The summed E-state index contributed by atoms with van der Waals surface area (Å²) in [6.45, 7) is 0.918. The first-order valence-electron chi connectivity index (χ1n) is 9.97. The van der Waals surface area contributed by atoms with Crippen molar-refractivity contribution < 1.29 is 27.4 Å². The van der Waals surface area contributed by atoms with Gasteiger partial charge in [-0.3, -0.25) is 9.69 Å². The van der Waals surface area contributed by atoms with Crippen LogP contribution in [0.4, 0.5) is 5.13 Å². The zero-order valence-electron chi connectivity index (χ0n) is 19.4. The molecule has 0 aliphatic heterocycles. The molecule has 0 aliphatic rings. The maximum absolute atomic E-state index is 13.7. The van der Waals surface area contributed by atoms with E-state index in [1.54, 1.807) is 24.3 Å². The number of carbonyl (C=O) groups excluding carboxylic acids is 1. The summed E-state index contributed by atoms with van der Waals surface area (Å²) in [5.74, 6) is 0.776. The number of thiazole rings is 1. The number of rotatable bonds is 9. The average Bonchev–Trinajstić information content (AvgIpc) is 3.20. The van der Waals surface area contributed by atoms with Crippen molar-refractivity contribution in [3.63, 3.8) is 0 Å². The Labute approximate surface area is 197 Å². The number of benzene rings is 2. The summed E-state index contributed by atoms with van der Waals surface area (Å²) in [5.41, 5.74) is 0.679. The van der Waals surface area contributed by atoms with E-state index in [0.29, 0.717) is 51.2 Å². The van der Waals surface area contributed by atoms with Crippen molar-refractivity contribution in [2.45, 2.75) is 4.90 Å². The van der Waals surface area contributed by atoms with Crippen molar-refractivity contribution in [2.75, 3.05) is 59.7 Å². The second-order valence-electron chi connectivity index (χ2n) is 7.55. The smallest absolute Gasteiger partial charge is 0.260 e. The number of likely N-dealkylation sites (N-methyl/N-ethyl adjacent to an activating group) is 1. The highest BCUT2D eigenvalue weighted by molar-refractivity contribution is 7.91. The van der Waals surface area contributed by atoms with E-state index in [4.69, 9.17) is 14.2 Å². The Bertz CT molecular complexity index is 1250. The number of aromatic nitrogens is 1. The first-order valence-corrected chi connectivity index (χ1v) is 12.7. The lowest BCUT2D eigenvalue weighted by molar-refractivity contribution is 0.0984. The van der Waals surface area contributed by atoms with Gasteiger partial charge in [0.25, 0.3) is 5.91 Å². The van der Waals surface area contributed by atoms with Gasteiger partial charge in [-0.15, -0.1) is 0 Å². The van der Waals surface area contributed by atoms with Gasteiger partial charge < -0.3 is 19.1 Å². The van der Waals surface area contributed by atoms with Crippen LogP contribution >= 0.6 is 11.3 Å². The van der Waals surface area contributed by atoms with Gasteiger partial charge in [-0.25, -0.2) is 13.4 Å². The number of nitrogens with zero attached hydrogens (tertiary/aromatic N) is 3.